The molecule has 1 N–H and O–H groups in total. The maximum atomic E-state index is 11.8. The van der Waals surface area contributed by atoms with Gasteiger partial charge in [-0.1, -0.05) is 29.8 Å². The van der Waals surface area contributed by atoms with E-state index in [0.717, 1.165) is 91.6 Å². The first-order chi connectivity index (χ1) is 44.2. The number of rotatable bonds is 17. The summed E-state index contributed by atoms with van der Waals surface area (Å²) >= 11 is 0. The molecule has 24 heteroatoms. The van der Waals surface area contributed by atoms with Gasteiger partial charge < -0.3 is 29.1 Å². The second kappa shape index (κ2) is 24.6. The number of pyridine rings is 6. The third-order valence-electron chi connectivity index (χ3n) is 18.1. The summed E-state index contributed by atoms with van der Waals surface area (Å²) in [6.07, 6.45) is 19.3. The van der Waals surface area contributed by atoms with Gasteiger partial charge in [0.1, 0.15) is 41.9 Å². The average Bonchev–Trinajstić information content (AvgIpc) is 2.19. The second-order valence-corrected chi connectivity index (χ2v) is 25.8. The van der Waals surface area contributed by atoms with Gasteiger partial charge in [-0.2, -0.15) is 39.7 Å². The van der Waals surface area contributed by atoms with Crippen LogP contribution in [-0.4, -0.2) is 140 Å². The van der Waals surface area contributed by atoms with Gasteiger partial charge >= 0.3 is 0 Å². The van der Waals surface area contributed by atoms with Crippen molar-refractivity contribution < 1.29 is 31.9 Å². The van der Waals surface area contributed by atoms with Crippen molar-refractivity contribution >= 4 is 32.8 Å². The molecule has 91 heavy (non-hydrogen) atoms. The maximum Gasteiger partial charge on any atom is 0.297 e. The smallest absolute Gasteiger partial charge is 0.297 e. The van der Waals surface area contributed by atoms with Crippen molar-refractivity contribution in [3.63, 3.8) is 0 Å². The molecule has 4 bridgehead atoms. The van der Waals surface area contributed by atoms with Crippen molar-refractivity contribution in [1.29, 1.82) is 21.0 Å². The lowest BCUT2D eigenvalue weighted by molar-refractivity contribution is -0.00879. The molecule has 2 saturated carbocycles. The lowest BCUT2D eigenvalue weighted by Gasteiger charge is -2.56. The Morgan fingerprint density at radius 2 is 1.07 bits per heavy atom. The number of nitrogens with zero attached hydrogens (tertiary/aromatic N) is 16. The van der Waals surface area contributed by atoms with Crippen molar-refractivity contribution in [2.75, 3.05) is 63.4 Å². The Kier molecular flexibility index (Phi) is 16.2. The summed E-state index contributed by atoms with van der Waals surface area (Å²) < 4.78 is 48.1. The standard InChI is InChI=1S/C30H28N8O2.C25H23N7O2.C12H13NO3S/c1-39-28-5-2-20(11-34-28)14-37-23-8-24(37)16-36(15-23)27-4-3-21(12-33-27)26-9-25(40-19-30(18-32)6-7-30)17-38-29(26)22(10-31)13-35-38;1-34-24-5-2-16(9-28-24)12-31-19-6-20(31)14-30(13-19)23-4-3-17(10-27-23)22-7-21(33)15-32-25(22)18(8-26)11-29-32;1-10-2-4-11(5-3-10)17(14,15)16-9-12(8-13)6-7-12/h2-5,9,11-13,17,23-24H,6-8,14-16,19H2,1H3;2-5,7,9-11,15,19-20,33H,6,12-14H2,1H3;2-5H,6-7,9H2,1H3. The van der Waals surface area contributed by atoms with Gasteiger partial charge in [0.05, 0.1) is 95.6 Å². The topological polar surface area (TPSA) is 286 Å². The van der Waals surface area contributed by atoms with E-state index in [1.807, 2.05) is 61.9 Å². The predicted octanol–water partition coefficient (Wildman–Crippen LogP) is 8.66. The van der Waals surface area contributed by atoms with Gasteiger partial charge in [0.15, 0.2) is 0 Å². The van der Waals surface area contributed by atoms with E-state index in [1.165, 1.54) is 53.0 Å². The Hall–Kier alpha value is -10.2. The highest BCUT2D eigenvalue weighted by atomic mass is 32.2. The van der Waals surface area contributed by atoms with Gasteiger partial charge in [-0.15, -0.1) is 0 Å². The first-order valence-corrected chi connectivity index (χ1v) is 31.4. The number of anilines is 2. The number of hydrogen-bond donors (Lipinski definition) is 1. The fourth-order valence-electron chi connectivity index (χ4n) is 12.4. The molecule has 4 unspecified atom stereocenters. The summed E-state index contributed by atoms with van der Waals surface area (Å²) in [7, 11) is -0.473. The van der Waals surface area contributed by atoms with Crippen LogP contribution >= 0.6 is 0 Å². The van der Waals surface area contributed by atoms with Crippen LogP contribution in [0.15, 0.2) is 139 Å². The third kappa shape index (κ3) is 12.5. The normalized spacial score (nSPS) is 19.7. The molecule has 23 nitrogen and oxygen atoms in total. The van der Waals surface area contributed by atoms with Crippen LogP contribution in [-0.2, 0) is 27.4 Å². The molecule has 17 rings (SSSR count). The Bertz CT molecular complexity index is 4430. The van der Waals surface area contributed by atoms with Crippen LogP contribution in [0.25, 0.3) is 33.3 Å². The van der Waals surface area contributed by atoms with E-state index in [4.69, 9.17) is 33.6 Å². The van der Waals surface area contributed by atoms with Gasteiger partial charge in [0.25, 0.3) is 10.1 Å². The molecule has 4 atom stereocenters. The average molecular weight is 1240 g/mol. The number of methoxy groups -OCH3 is 2. The van der Waals surface area contributed by atoms with E-state index in [9.17, 15) is 29.3 Å². The molecule has 14 heterocycles. The molecule has 1 aromatic carbocycles. The highest BCUT2D eigenvalue weighted by molar-refractivity contribution is 7.86. The lowest BCUT2D eigenvalue weighted by atomic mass is 9.87. The first-order valence-electron chi connectivity index (χ1n) is 30.0. The molecular formula is C67H64N16O7S. The fourth-order valence-corrected chi connectivity index (χ4v) is 13.3. The Balaban J connectivity index is 0.000000135. The lowest BCUT2D eigenvalue weighted by Crippen LogP contribution is -2.68. The zero-order valence-corrected chi connectivity index (χ0v) is 51.2. The number of aromatic nitrogens is 8. The largest absolute Gasteiger partial charge is 0.506 e. The van der Waals surface area contributed by atoms with E-state index in [2.05, 4.69) is 82.2 Å². The van der Waals surface area contributed by atoms with Crippen molar-refractivity contribution in [3.05, 3.63) is 162 Å². The minimum absolute atomic E-state index is 0.0420. The zero-order chi connectivity index (χ0) is 63.0. The van der Waals surface area contributed by atoms with E-state index in [0.29, 0.717) is 83.3 Å². The second-order valence-electron chi connectivity index (χ2n) is 24.2. The summed E-state index contributed by atoms with van der Waals surface area (Å²) in [6, 6.07) is 37.0. The van der Waals surface area contributed by atoms with Gasteiger partial charge in [-0.25, -0.2) is 29.0 Å². The molecule has 8 fully saturated rings. The van der Waals surface area contributed by atoms with Crippen LogP contribution in [0.5, 0.6) is 23.3 Å². The molecule has 0 radical (unpaired) electrons. The number of ether oxygens (including phenoxy) is 3. The van der Waals surface area contributed by atoms with Crippen molar-refractivity contribution in [3.8, 4) is 69.8 Å². The third-order valence-corrected chi connectivity index (χ3v) is 19.4. The Labute approximate surface area is 526 Å². The monoisotopic (exact) mass is 1240 g/mol. The summed E-state index contributed by atoms with van der Waals surface area (Å²) in [4.78, 5) is 28.2. The van der Waals surface area contributed by atoms with Crippen LogP contribution < -0.4 is 24.0 Å². The summed E-state index contributed by atoms with van der Waals surface area (Å²) in [5.41, 5.74) is 8.03. The number of benzene rings is 1. The van der Waals surface area contributed by atoms with Crippen LogP contribution in [0.2, 0.25) is 0 Å². The highest BCUT2D eigenvalue weighted by Crippen LogP contribution is 2.47. The molecule has 2 aliphatic carbocycles. The van der Waals surface area contributed by atoms with Crippen LogP contribution in [0, 0.1) is 63.1 Å². The zero-order valence-electron chi connectivity index (χ0n) is 50.4. The molecule has 460 valence electrons. The van der Waals surface area contributed by atoms with E-state index >= 15 is 0 Å². The number of nitriles is 4. The molecule has 9 aromatic rings. The van der Waals surface area contributed by atoms with Gasteiger partial charge in [-0.05, 0) is 105 Å². The van der Waals surface area contributed by atoms with Crippen molar-refractivity contribution in [2.45, 2.75) is 87.6 Å². The van der Waals surface area contributed by atoms with Gasteiger partial charge in [0.2, 0.25) is 11.8 Å². The summed E-state index contributed by atoms with van der Waals surface area (Å²) in [6.45, 7) is 7.71. The SMILES string of the molecule is COc1ccc(CN2C3CC2CN(c2ccc(-c4cc(O)cn5ncc(C#N)c45)cn2)C3)cn1.COc1ccc(CN2C3CC2CN(c2ccc(-c4cc(OCC5(C#N)CC5)cn5ncc(C#N)c45)cn2)C3)cn1.Cc1ccc(S(=O)(=O)OCC2(C#N)CC2)cc1. The molecule has 6 saturated heterocycles. The predicted molar refractivity (Wildman–Crippen MR) is 334 cm³/mol. The highest BCUT2D eigenvalue weighted by Gasteiger charge is 2.47. The van der Waals surface area contributed by atoms with Crippen molar-refractivity contribution in [2.24, 2.45) is 10.8 Å². The number of piperazine rings is 2. The summed E-state index contributed by atoms with van der Waals surface area (Å²) in [5, 5.41) is 56.1. The Morgan fingerprint density at radius 3 is 1.49 bits per heavy atom. The van der Waals surface area contributed by atoms with Gasteiger partial charge in [0, 0.05) is 123 Å². The quantitative estimate of drug-likeness (QED) is 0.0834. The minimum Gasteiger partial charge on any atom is -0.506 e. The van der Waals surface area contributed by atoms with E-state index < -0.39 is 15.5 Å². The number of fused-ring (bicyclic) bond motifs is 6. The maximum absolute atomic E-state index is 11.8. The van der Waals surface area contributed by atoms with Crippen LogP contribution in [0.4, 0.5) is 11.6 Å². The number of hydrogen-bond acceptors (Lipinski definition) is 21. The molecule has 0 spiro atoms. The Morgan fingerprint density at radius 1 is 0.582 bits per heavy atom. The minimum atomic E-state index is -3.73. The molecule has 8 aromatic heterocycles. The van der Waals surface area contributed by atoms with Crippen LogP contribution in [0.1, 0.15) is 66.3 Å². The first kappa shape index (κ1) is 59.7. The number of aromatic hydroxyl groups is 1. The molecule has 0 amide bonds. The van der Waals surface area contributed by atoms with E-state index in [-0.39, 0.29) is 22.7 Å². The van der Waals surface area contributed by atoms with Crippen molar-refractivity contribution in [1.82, 2.24) is 49.0 Å². The number of piperidine rings is 2. The van der Waals surface area contributed by atoms with Gasteiger partial charge in [-0.3, -0.25) is 14.0 Å². The molecule has 8 aliphatic rings. The molecular weight excluding hydrogens is 1170 g/mol. The van der Waals surface area contributed by atoms with Crippen LogP contribution in [0.3, 0.4) is 0 Å². The molecule has 6 aliphatic heterocycles. The number of aryl methyl sites for hydroxylation is 1. The summed E-state index contributed by atoms with van der Waals surface area (Å²) in [5.74, 6) is 3.86. The fraction of sp³-hybridized carbons (Fsp3) is 0.343. The van der Waals surface area contributed by atoms with E-state index in [1.54, 1.807) is 55.5 Å².